The standard InChI is InChI=1S/C15H15FN4O/c1-9(2)15-19-13(6-14(21)20-15)18-8-11-4-3-10(7-17)5-12(11)16/h3-6,9H,8H2,1-2H3,(H2,18,19,20,21). The first-order chi connectivity index (χ1) is 9.99. The highest BCUT2D eigenvalue weighted by molar-refractivity contribution is 5.37. The van der Waals surface area contributed by atoms with E-state index in [2.05, 4.69) is 15.3 Å². The van der Waals surface area contributed by atoms with Crippen molar-refractivity contribution in [3.05, 3.63) is 57.4 Å². The zero-order valence-corrected chi connectivity index (χ0v) is 11.8. The van der Waals surface area contributed by atoms with Crippen molar-refractivity contribution < 1.29 is 4.39 Å². The maximum Gasteiger partial charge on any atom is 0.252 e. The molecule has 6 heteroatoms. The number of nitriles is 1. The number of aromatic nitrogens is 2. The van der Waals surface area contributed by atoms with E-state index >= 15 is 0 Å². The third-order valence-electron chi connectivity index (χ3n) is 2.95. The van der Waals surface area contributed by atoms with Gasteiger partial charge in [-0.05, 0) is 12.1 Å². The highest BCUT2D eigenvalue weighted by Crippen LogP contribution is 2.13. The molecule has 0 atom stereocenters. The van der Waals surface area contributed by atoms with Crippen molar-refractivity contribution in [3.8, 4) is 6.07 Å². The molecule has 0 saturated carbocycles. The van der Waals surface area contributed by atoms with E-state index in [4.69, 9.17) is 5.26 Å². The first-order valence-corrected chi connectivity index (χ1v) is 6.53. The minimum Gasteiger partial charge on any atom is -0.366 e. The molecule has 2 aromatic rings. The van der Waals surface area contributed by atoms with Crippen molar-refractivity contribution in [2.45, 2.75) is 26.3 Å². The Morgan fingerprint density at radius 2 is 2.19 bits per heavy atom. The van der Waals surface area contributed by atoms with E-state index in [1.807, 2.05) is 19.9 Å². The molecular formula is C15H15FN4O. The van der Waals surface area contributed by atoms with Gasteiger partial charge >= 0.3 is 0 Å². The highest BCUT2D eigenvalue weighted by atomic mass is 19.1. The zero-order chi connectivity index (χ0) is 15.4. The number of benzene rings is 1. The van der Waals surface area contributed by atoms with Gasteiger partial charge in [-0.1, -0.05) is 19.9 Å². The summed E-state index contributed by atoms with van der Waals surface area (Å²) in [6, 6.07) is 7.47. The van der Waals surface area contributed by atoms with Crippen LogP contribution in [0.1, 0.15) is 36.7 Å². The lowest BCUT2D eigenvalue weighted by atomic mass is 10.1. The van der Waals surface area contributed by atoms with Gasteiger partial charge in [-0.2, -0.15) is 5.26 Å². The Morgan fingerprint density at radius 1 is 1.43 bits per heavy atom. The first kappa shape index (κ1) is 14.7. The Hall–Kier alpha value is -2.68. The van der Waals surface area contributed by atoms with Crippen LogP contribution in [0, 0.1) is 17.1 Å². The molecule has 108 valence electrons. The fourth-order valence-corrected chi connectivity index (χ4v) is 1.79. The minimum atomic E-state index is -0.463. The Bertz CT molecular complexity index is 746. The van der Waals surface area contributed by atoms with E-state index in [1.54, 1.807) is 6.07 Å². The van der Waals surface area contributed by atoms with Crippen LogP contribution < -0.4 is 10.9 Å². The van der Waals surface area contributed by atoms with E-state index in [-0.39, 0.29) is 23.6 Å². The third-order valence-corrected chi connectivity index (χ3v) is 2.95. The second-order valence-corrected chi connectivity index (χ2v) is 4.94. The van der Waals surface area contributed by atoms with Crippen LogP contribution in [0.25, 0.3) is 0 Å². The molecule has 0 radical (unpaired) electrons. The summed E-state index contributed by atoms with van der Waals surface area (Å²) < 4.78 is 13.7. The summed E-state index contributed by atoms with van der Waals surface area (Å²) in [6.07, 6.45) is 0. The lowest BCUT2D eigenvalue weighted by Crippen LogP contribution is -2.14. The van der Waals surface area contributed by atoms with E-state index in [1.165, 1.54) is 18.2 Å². The van der Waals surface area contributed by atoms with Gasteiger partial charge in [-0.25, -0.2) is 9.37 Å². The van der Waals surface area contributed by atoms with Gasteiger partial charge in [-0.3, -0.25) is 4.79 Å². The highest BCUT2D eigenvalue weighted by Gasteiger charge is 2.07. The average molecular weight is 286 g/mol. The van der Waals surface area contributed by atoms with Crippen molar-refractivity contribution in [3.63, 3.8) is 0 Å². The molecule has 0 spiro atoms. The molecule has 1 aromatic heterocycles. The summed E-state index contributed by atoms with van der Waals surface area (Å²) in [5.74, 6) is 0.595. The SMILES string of the molecule is CC(C)c1nc(NCc2ccc(C#N)cc2F)cc(=O)[nH]1. The number of hydrogen-bond donors (Lipinski definition) is 2. The largest absolute Gasteiger partial charge is 0.366 e. The topological polar surface area (TPSA) is 81.6 Å². The second kappa shape index (κ2) is 6.18. The van der Waals surface area contributed by atoms with Crippen LogP contribution >= 0.6 is 0 Å². The van der Waals surface area contributed by atoms with Crippen molar-refractivity contribution in [2.75, 3.05) is 5.32 Å². The Labute approximate surface area is 121 Å². The first-order valence-electron chi connectivity index (χ1n) is 6.53. The van der Waals surface area contributed by atoms with Crippen LogP contribution in [0.4, 0.5) is 10.2 Å². The van der Waals surface area contributed by atoms with E-state index < -0.39 is 5.82 Å². The fourth-order valence-electron chi connectivity index (χ4n) is 1.79. The molecule has 0 fully saturated rings. The number of nitrogens with zero attached hydrogens (tertiary/aromatic N) is 2. The predicted molar refractivity (Wildman–Crippen MR) is 77.4 cm³/mol. The van der Waals surface area contributed by atoms with Gasteiger partial charge in [0.15, 0.2) is 0 Å². The van der Waals surface area contributed by atoms with Crippen molar-refractivity contribution in [1.29, 1.82) is 5.26 Å². The second-order valence-electron chi connectivity index (χ2n) is 4.94. The molecule has 1 heterocycles. The number of aromatic amines is 1. The van der Waals surface area contributed by atoms with Crippen LogP contribution in [0.15, 0.2) is 29.1 Å². The summed E-state index contributed by atoms with van der Waals surface area (Å²) >= 11 is 0. The molecule has 0 amide bonds. The van der Waals surface area contributed by atoms with E-state index in [9.17, 15) is 9.18 Å². The maximum atomic E-state index is 13.7. The van der Waals surface area contributed by atoms with Gasteiger partial charge in [0, 0.05) is 24.1 Å². The van der Waals surface area contributed by atoms with Gasteiger partial charge in [-0.15, -0.1) is 0 Å². The van der Waals surface area contributed by atoms with Gasteiger partial charge in [0.2, 0.25) is 0 Å². The quantitative estimate of drug-likeness (QED) is 0.904. The molecule has 2 N–H and O–H groups in total. The molecule has 21 heavy (non-hydrogen) atoms. The number of anilines is 1. The van der Waals surface area contributed by atoms with Crippen LogP contribution in [-0.4, -0.2) is 9.97 Å². The van der Waals surface area contributed by atoms with E-state index in [0.29, 0.717) is 17.2 Å². The summed E-state index contributed by atoms with van der Waals surface area (Å²) in [4.78, 5) is 18.5. The van der Waals surface area contributed by atoms with Crippen molar-refractivity contribution in [2.24, 2.45) is 0 Å². The van der Waals surface area contributed by atoms with Gasteiger partial charge in [0.25, 0.3) is 5.56 Å². The lowest BCUT2D eigenvalue weighted by molar-refractivity contribution is 0.612. The summed E-state index contributed by atoms with van der Waals surface area (Å²) in [6.45, 7) is 4.02. The molecule has 0 aliphatic rings. The molecule has 0 bridgehead atoms. The number of H-pyrrole nitrogens is 1. The average Bonchev–Trinajstić information content (AvgIpc) is 2.45. The third kappa shape index (κ3) is 3.66. The van der Waals surface area contributed by atoms with Gasteiger partial charge in [0.05, 0.1) is 11.6 Å². The zero-order valence-electron chi connectivity index (χ0n) is 11.8. The number of halogens is 1. The Balaban J connectivity index is 2.17. The van der Waals surface area contributed by atoms with Crippen LogP contribution in [0.5, 0.6) is 0 Å². The smallest absolute Gasteiger partial charge is 0.252 e. The molecule has 0 aliphatic carbocycles. The normalized spacial score (nSPS) is 10.4. The lowest BCUT2D eigenvalue weighted by Gasteiger charge is -2.09. The molecule has 2 rings (SSSR count). The molecule has 5 nitrogen and oxygen atoms in total. The number of nitrogens with one attached hydrogen (secondary N) is 2. The monoisotopic (exact) mass is 286 g/mol. The molecule has 0 unspecified atom stereocenters. The summed E-state index contributed by atoms with van der Waals surface area (Å²) in [7, 11) is 0. The van der Waals surface area contributed by atoms with Crippen LogP contribution in [0.2, 0.25) is 0 Å². The molecule has 0 aliphatic heterocycles. The van der Waals surface area contributed by atoms with Gasteiger partial charge < -0.3 is 10.3 Å². The minimum absolute atomic E-state index is 0.0890. The maximum absolute atomic E-state index is 13.7. The molecular weight excluding hydrogens is 271 g/mol. The summed E-state index contributed by atoms with van der Waals surface area (Å²) in [5.41, 5.74) is 0.423. The predicted octanol–water partition coefficient (Wildman–Crippen LogP) is 2.52. The van der Waals surface area contributed by atoms with Crippen molar-refractivity contribution >= 4 is 5.82 Å². The number of hydrogen-bond acceptors (Lipinski definition) is 4. The van der Waals surface area contributed by atoms with Gasteiger partial charge in [0.1, 0.15) is 17.5 Å². The van der Waals surface area contributed by atoms with Crippen LogP contribution in [0.3, 0.4) is 0 Å². The number of rotatable bonds is 4. The molecule has 0 saturated heterocycles. The Kier molecular flexibility index (Phi) is 4.33. The molecule has 1 aromatic carbocycles. The Morgan fingerprint density at radius 3 is 2.81 bits per heavy atom. The summed E-state index contributed by atoms with van der Waals surface area (Å²) in [5, 5.41) is 11.6. The van der Waals surface area contributed by atoms with Crippen LogP contribution in [-0.2, 0) is 6.54 Å². The van der Waals surface area contributed by atoms with E-state index in [0.717, 1.165) is 0 Å². The fraction of sp³-hybridized carbons (Fsp3) is 0.267. The van der Waals surface area contributed by atoms with Crippen molar-refractivity contribution in [1.82, 2.24) is 9.97 Å².